The molecule has 0 fully saturated rings. The van der Waals surface area contributed by atoms with Crippen LogP contribution in [0, 0.1) is 0 Å². The van der Waals surface area contributed by atoms with Crippen LogP contribution in [-0.2, 0) is 10.8 Å². The van der Waals surface area contributed by atoms with E-state index in [1.54, 1.807) is 0 Å². The number of para-hydroxylation sites is 2. The molecule has 12 rings (SSSR count). The Morgan fingerprint density at radius 2 is 0.820 bits per heavy atom. The lowest BCUT2D eigenvalue weighted by Crippen LogP contribution is -2.40. The van der Waals surface area contributed by atoms with E-state index in [-0.39, 0.29) is 5.41 Å². The first-order valence-electron chi connectivity index (χ1n) is 21.2. The van der Waals surface area contributed by atoms with E-state index >= 15 is 0 Å². The number of nitrogens with zero attached hydrogens (tertiary/aromatic N) is 2. The summed E-state index contributed by atoms with van der Waals surface area (Å²) in [7, 11) is 0. The normalized spacial score (nSPS) is 14.0. The molecule has 3 heteroatoms. The highest BCUT2D eigenvalue weighted by molar-refractivity contribution is 7.25. The number of hydrogen-bond acceptors (Lipinski definition) is 3. The zero-order valence-corrected chi connectivity index (χ0v) is 34.9. The lowest BCUT2D eigenvalue weighted by atomic mass is 9.55. The highest BCUT2D eigenvalue weighted by atomic mass is 32.1. The van der Waals surface area contributed by atoms with Crippen molar-refractivity contribution in [3.8, 4) is 11.1 Å². The van der Waals surface area contributed by atoms with Crippen molar-refractivity contribution < 1.29 is 0 Å². The Morgan fingerprint density at radius 1 is 0.344 bits per heavy atom. The maximum absolute atomic E-state index is 2.50. The molecule has 0 saturated heterocycles. The summed E-state index contributed by atoms with van der Waals surface area (Å²) < 4.78 is 2.59. The minimum Gasteiger partial charge on any atom is -0.311 e. The van der Waals surface area contributed by atoms with Gasteiger partial charge in [0.1, 0.15) is 0 Å². The standard InChI is InChI=1S/C58H42N2S/c1-57(2)48-25-12-14-27-50(48)58(51-28-15-13-26-49(51)57)47-24-11-9-23-46(47)56-52(58)29-17-30-53(56)60(43-36-37-45-44-22-10-16-31-54(44)61-55(45)38-43)42-34-32-41(33-35-42)59(39-18-5-3-6-19-39)40-20-7-4-8-21-40/h3-38H,1-2H3. The van der Waals surface area contributed by atoms with E-state index < -0.39 is 5.41 Å². The van der Waals surface area contributed by atoms with Gasteiger partial charge in [-0.15, -0.1) is 11.3 Å². The Hall–Kier alpha value is -7.20. The zero-order chi connectivity index (χ0) is 40.7. The van der Waals surface area contributed by atoms with E-state index in [0.29, 0.717) is 0 Å². The second-order valence-corrected chi connectivity index (χ2v) is 17.9. The lowest BCUT2D eigenvalue weighted by molar-refractivity contribution is 0.563. The van der Waals surface area contributed by atoms with Crippen LogP contribution in [0.15, 0.2) is 218 Å². The van der Waals surface area contributed by atoms with E-state index in [1.807, 2.05) is 11.3 Å². The average Bonchev–Trinajstić information content (AvgIpc) is 3.84. The molecular weight excluding hydrogens is 757 g/mol. The summed E-state index contributed by atoms with van der Waals surface area (Å²) in [6.45, 7) is 4.78. The van der Waals surface area contributed by atoms with Gasteiger partial charge < -0.3 is 9.80 Å². The first-order valence-corrected chi connectivity index (χ1v) is 22.0. The average molecular weight is 799 g/mol. The van der Waals surface area contributed by atoms with Gasteiger partial charge >= 0.3 is 0 Å². The van der Waals surface area contributed by atoms with Crippen molar-refractivity contribution in [1.29, 1.82) is 0 Å². The Bertz CT molecular complexity index is 3200. The Kier molecular flexibility index (Phi) is 8.01. The quantitative estimate of drug-likeness (QED) is 0.165. The first-order chi connectivity index (χ1) is 30.0. The lowest BCUT2D eigenvalue weighted by Gasteiger charge is -2.46. The third-order valence-electron chi connectivity index (χ3n) is 13.3. The van der Waals surface area contributed by atoms with Crippen molar-refractivity contribution in [2.24, 2.45) is 0 Å². The Balaban J connectivity index is 1.12. The van der Waals surface area contributed by atoms with Crippen LogP contribution < -0.4 is 9.80 Å². The topological polar surface area (TPSA) is 6.48 Å². The van der Waals surface area contributed by atoms with Crippen LogP contribution in [0.1, 0.15) is 47.2 Å². The zero-order valence-electron chi connectivity index (χ0n) is 34.1. The van der Waals surface area contributed by atoms with Crippen LogP contribution in [0.3, 0.4) is 0 Å². The van der Waals surface area contributed by atoms with Gasteiger partial charge in [0.2, 0.25) is 0 Å². The molecule has 0 aliphatic heterocycles. The first kappa shape index (κ1) is 35.7. The van der Waals surface area contributed by atoms with Gasteiger partial charge in [0.05, 0.1) is 11.1 Å². The summed E-state index contributed by atoms with van der Waals surface area (Å²) >= 11 is 1.87. The fourth-order valence-corrected chi connectivity index (χ4v) is 11.8. The molecule has 1 spiro atoms. The molecule has 2 aliphatic rings. The molecule has 0 radical (unpaired) electrons. The maximum Gasteiger partial charge on any atom is 0.0720 e. The minimum absolute atomic E-state index is 0.158. The molecule has 2 aliphatic carbocycles. The minimum atomic E-state index is -0.485. The van der Waals surface area contributed by atoms with E-state index in [0.717, 1.165) is 34.1 Å². The Morgan fingerprint density at radius 3 is 1.48 bits per heavy atom. The van der Waals surface area contributed by atoms with Crippen LogP contribution in [0.25, 0.3) is 31.3 Å². The van der Waals surface area contributed by atoms with Crippen LogP contribution in [-0.4, -0.2) is 0 Å². The summed E-state index contributed by atoms with van der Waals surface area (Å²) in [5.41, 5.74) is 16.8. The van der Waals surface area contributed by atoms with Gasteiger partial charge in [-0.05, 0) is 112 Å². The summed E-state index contributed by atoms with van der Waals surface area (Å²) in [6.07, 6.45) is 0. The molecule has 10 aromatic rings. The molecule has 9 aromatic carbocycles. The van der Waals surface area contributed by atoms with Gasteiger partial charge in [-0.25, -0.2) is 0 Å². The maximum atomic E-state index is 2.50. The van der Waals surface area contributed by atoms with Crippen molar-refractivity contribution in [2.45, 2.75) is 24.7 Å². The number of anilines is 6. The third-order valence-corrected chi connectivity index (χ3v) is 14.4. The molecule has 0 saturated carbocycles. The second-order valence-electron chi connectivity index (χ2n) is 16.8. The largest absolute Gasteiger partial charge is 0.311 e. The van der Waals surface area contributed by atoms with Gasteiger partial charge in [-0.2, -0.15) is 0 Å². The fourth-order valence-electron chi connectivity index (χ4n) is 10.7. The van der Waals surface area contributed by atoms with Crippen molar-refractivity contribution >= 4 is 65.6 Å². The highest BCUT2D eigenvalue weighted by Gasteiger charge is 2.53. The van der Waals surface area contributed by atoms with E-state index in [1.165, 1.54) is 64.7 Å². The number of benzene rings is 9. The van der Waals surface area contributed by atoms with Gasteiger partial charge in [-0.1, -0.05) is 159 Å². The molecule has 1 heterocycles. The smallest absolute Gasteiger partial charge is 0.0720 e. The molecule has 0 N–H and O–H groups in total. The number of fused-ring (bicyclic) bond motifs is 12. The van der Waals surface area contributed by atoms with Gasteiger partial charge in [0, 0.05) is 59.6 Å². The predicted molar refractivity (Wildman–Crippen MR) is 258 cm³/mol. The summed E-state index contributed by atoms with van der Waals surface area (Å²) in [5, 5.41) is 2.60. The van der Waals surface area contributed by atoms with Crippen LogP contribution in [0.5, 0.6) is 0 Å². The van der Waals surface area contributed by atoms with E-state index in [2.05, 4.69) is 242 Å². The third kappa shape index (κ3) is 5.20. The van der Waals surface area contributed by atoms with E-state index in [4.69, 9.17) is 0 Å². The number of thiophene rings is 1. The van der Waals surface area contributed by atoms with Crippen LogP contribution in [0.4, 0.5) is 34.1 Å². The second kappa shape index (κ2) is 13.7. The molecule has 0 amide bonds. The highest BCUT2D eigenvalue weighted by Crippen LogP contribution is 2.64. The van der Waals surface area contributed by atoms with E-state index in [9.17, 15) is 0 Å². The molecule has 0 bridgehead atoms. The molecular formula is C58H42N2S. The van der Waals surface area contributed by atoms with Gasteiger partial charge in [0.25, 0.3) is 0 Å². The van der Waals surface area contributed by atoms with Gasteiger partial charge in [0.15, 0.2) is 0 Å². The number of rotatable bonds is 6. The van der Waals surface area contributed by atoms with Crippen molar-refractivity contribution in [1.82, 2.24) is 0 Å². The molecule has 290 valence electrons. The molecule has 61 heavy (non-hydrogen) atoms. The predicted octanol–water partition coefficient (Wildman–Crippen LogP) is 16.0. The molecule has 1 aromatic heterocycles. The van der Waals surface area contributed by atoms with Crippen LogP contribution >= 0.6 is 11.3 Å². The van der Waals surface area contributed by atoms with Crippen molar-refractivity contribution in [3.05, 3.63) is 252 Å². The monoisotopic (exact) mass is 798 g/mol. The Labute approximate surface area is 361 Å². The molecule has 0 atom stereocenters. The van der Waals surface area contributed by atoms with Crippen molar-refractivity contribution in [2.75, 3.05) is 9.80 Å². The number of hydrogen-bond donors (Lipinski definition) is 0. The summed E-state index contributed by atoms with van der Waals surface area (Å²) in [5.74, 6) is 0. The van der Waals surface area contributed by atoms with Crippen molar-refractivity contribution in [3.63, 3.8) is 0 Å². The summed E-state index contributed by atoms with van der Waals surface area (Å²) in [4.78, 5) is 4.83. The fraction of sp³-hybridized carbons (Fsp3) is 0.0690. The van der Waals surface area contributed by atoms with Gasteiger partial charge in [-0.3, -0.25) is 0 Å². The molecule has 2 nitrogen and oxygen atoms in total. The summed E-state index contributed by atoms with van der Waals surface area (Å²) in [6, 6.07) is 80.9. The molecule has 0 unspecified atom stereocenters. The SMILES string of the molecule is CC1(C)c2ccccc2C2(c3ccccc3-c3c(N(c4ccc(N(c5ccccc5)c5ccccc5)cc4)c4ccc5c(c4)sc4ccccc45)cccc32)c2ccccc21. The van der Waals surface area contributed by atoms with Crippen LogP contribution in [0.2, 0.25) is 0 Å².